The van der Waals surface area contributed by atoms with Crippen molar-refractivity contribution in [2.75, 3.05) is 0 Å². The van der Waals surface area contributed by atoms with Crippen LogP contribution in [0, 0.1) is 0 Å². The fourth-order valence-corrected chi connectivity index (χ4v) is 1.60. The molecule has 1 N–H and O–H groups in total. The third kappa shape index (κ3) is 0.838. The van der Waals surface area contributed by atoms with Gasteiger partial charge in [0.1, 0.15) is 7.85 Å². The van der Waals surface area contributed by atoms with Crippen molar-refractivity contribution in [1.82, 2.24) is 4.98 Å². The summed E-state index contributed by atoms with van der Waals surface area (Å²) in [6.07, 6.45) is 0.626. The van der Waals surface area contributed by atoms with E-state index in [2.05, 4.69) is 4.98 Å². The van der Waals surface area contributed by atoms with Crippen LogP contribution in [0.2, 0.25) is 0 Å². The van der Waals surface area contributed by atoms with Gasteiger partial charge in [0, 0.05) is 23.6 Å². The Bertz CT molecular complexity index is 316. The van der Waals surface area contributed by atoms with Crippen molar-refractivity contribution in [2.24, 2.45) is 0 Å². The van der Waals surface area contributed by atoms with Crippen LogP contribution in [-0.4, -0.2) is 18.6 Å². The molecule has 54 valence electrons. The normalized spacial score (nSPS) is 22.3. The van der Waals surface area contributed by atoms with Crippen LogP contribution in [0.3, 0.4) is 0 Å². The molecule has 0 saturated carbocycles. The first-order chi connectivity index (χ1) is 5.18. The molecule has 1 heterocycles. The lowest BCUT2D eigenvalue weighted by molar-refractivity contribution is 0.0990. The quantitative estimate of drug-likeness (QED) is 0.529. The summed E-state index contributed by atoms with van der Waals surface area (Å²) < 4.78 is 0. The first-order valence-electron chi connectivity index (χ1n) is 3.70. The highest BCUT2D eigenvalue weighted by Crippen LogP contribution is 2.29. The number of fused-ring (bicyclic) bond motifs is 1. The highest BCUT2D eigenvalue weighted by molar-refractivity contribution is 6.31. The number of hydrogen-bond donors (Lipinski definition) is 1. The van der Waals surface area contributed by atoms with Crippen molar-refractivity contribution in [3.63, 3.8) is 0 Å². The van der Waals surface area contributed by atoms with E-state index in [1.54, 1.807) is 6.07 Å². The monoisotopic (exact) mass is 145 g/mol. The van der Waals surface area contributed by atoms with E-state index in [-0.39, 0.29) is 5.78 Å². The number of carbonyl (C=O) groups is 1. The van der Waals surface area contributed by atoms with E-state index < -0.39 is 0 Å². The fraction of sp³-hybridized carbons (Fsp3) is 0.375. The van der Waals surface area contributed by atoms with E-state index in [1.165, 1.54) is 0 Å². The Hall–Kier alpha value is -0.985. The Kier molecular flexibility index (Phi) is 1.22. The van der Waals surface area contributed by atoms with Gasteiger partial charge >= 0.3 is 0 Å². The van der Waals surface area contributed by atoms with Gasteiger partial charge < -0.3 is 4.98 Å². The van der Waals surface area contributed by atoms with Crippen LogP contribution >= 0.6 is 0 Å². The molecule has 0 unspecified atom stereocenters. The van der Waals surface area contributed by atoms with Crippen LogP contribution in [0.25, 0.3) is 0 Å². The molecule has 1 aromatic rings. The molecule has 1 aliphatic rings. The molecule has 0 aliphatic heterocycles. The Morgan fingerprint density at radius 2 is 2.45 bits per heavy atom. The minimum Gasteiger partial charge on any atom is -0.371 e. The van der Waals surface area contributed by atoms with E-state index >= 15 is 0 Å². The van der Waals surface area contributed by atoms with E-state index in [4.69, 9.17) is 7.85 Å². The summed E-state index contributed by atoms with van der Waals surface area (Å²) >= 11 is 0. The average Bonchev–Trinajstić information content (AvgIpc) is 2.38. The summed E-state index contributed by atoms with van der Waals surface area (Å²) in [6, 6.07) is 1.72. The van der Waals surface area contributed by atoms with E-state index in [1.807, 2.05) is 6.92 Å². The summed E-state index contributed by atoms with van der Waals surface area (Å²) in [5, 5.41) is 0. The molecule has 1 aromatic heterocycles. The third-order valence-corrected chi connectivity index (χ3v) is 2.15. The van der Waals surface area contributed by atoms with Gasteiger partial charge in [-0.15, -0.1) is 0 Å². The lowest BCUT2D eigenvalue weighted by atomic mass is 10.0. The number of hydrogen-bond acceptors (Lipinski definition) is 1. The van der Waals surface area contributed by atoms with Gasteiger partial charge in [0.25, 0.3) is 0 Å². The molecule has 0 bridgehead atoms. The third-order valence-electron chi connectivity index (χ3n) is 2.15. The number of H-pyrrole nitrogens is 1. The highest BCUT2D eigenvalue weighted by Gasteiger charge is 2.27. The number of nitrogens with one attached hydrogen (secondary N) is 1. The van der Waals surface area contributed by atoms with Crippen LogP contribution in [0.4, 0.5) is 0 Å². The van der Waals surface area contributed by atoms with Gasteiger partial charge in [-0.05, 0) is 11.7 Å². The van der Waals surface area contributed by atoms with E-state index in [9.17, 15) is 4.79 Å². The summed E-state index contributed by atoms with van der Waals surface area (Å²) in [7, 11) is 5.51. The highest BCUT2D eigenvalue weighted by atomic mass is 16.1. The van der Waals surface area contributed by atoms with E-state index in [0.29, 0.717) is 17.9 Å². The van der Waals surface area contributed by atoms with Gasteiger partial charge in [0.2, 0.25) is 0 Å². The van der Waals surface area contributed by atoms with Crippen LogP contribution in [0.5, 0.6) is 0 Å². The maximum absolute atomic E-state index is 11.2. The van der Waals surface area contributed by atoms with Crippen LogP contribution in [0.1, 0.15) is 35.3 Å². The zero-order chi connectivity index (χ0) is 8.01. The first kappa shape index (κ1) is 6.71. The predicted octanol–water partition coefficient (Wildman–Crippen LogP) is 0.498. The van der Waals surface area contributed by atoms with Crippen molar-refractivity contribution < 1.29 is 4.79 Å². The largest absolute Gasteiger partial charge is 0.371 e. The molecular formula is C8H8BNO. The molecule has 0 fully saturated rings. The van der Waals surface area contributed by atoms with Gasteiger partial charge in [-0.3, -0.25) is 4.79 Å². The van der Waals surface area contributed by atoms with Crippen molar-refractivity contribution in [3.8, 4) is 0 Å². The fourth-order valence-electron chi connectivity index (χ4n) is 1.60. The molecule has 0 spiro atoms. The zero-order valence-corrected chi connectivity index (χ0v) is 6.35. The van der Waals surface area contributed by atoms with Crippen molar-refractivity contribution in [3.05, 3.63) is 17.3 Å². The Balaban J connectivity index is 2.58. The van der Waals surface area contributed by atoms with Gasteiger partial charge in [-0.2, -0.15) is 0 Å². The smallest absolute Gasteiger partial charge is 0.165 e. The Morgan fingerprint density at radius 1 is 1.73 bits per heavy atom. The topological polar surface area (TPSA) is 32.9 Å². The number of ketones is 1. The van der Waals surface area contributed by atoms with Crippen LogP contribution in [-0.2, 0) is 0 Å². The second-order valence-electron chi connectivity index (χ2n) is 3.08. The first-order valence-corrected chi connectivity index (χ1v) is 3.70. The van der Waals surface area contributed by atoms with E-state index in [0.717, 1.165) is 11.3 Å². The molecule has 0 aromatic carbocycles. The van der Waals surface area contributed by atoms with Crippen molar-refractivity contribution in [2.45, 2.75) is 19.3 Å². The SMILES string of the molecule is [B]c1cc2c([nH]1)[C@@H](C)CC2=O. The molecule has 1 atom stereocenters. The summed E-state index contributed by atoms with van der Waals surface area (Å²) in [5.74, 6) is 0.523. The number of aromatic amines is 1. The zero-order valence-electron chi connectivity index (χ0n) is 6.35. The van der Waals surface area contributed by atoms with Crippen molar-refractivity contribution >= 4 is 19.2 Å². The van der Waals surface area contributed by atoms with Gasteiger partial charge in [0.05, 0.1) is 0 Å². The maximum atomic E-state index is 11.2. The molecule has 3 heteroatoms. The lowest BCUT2D eigenvalue weighted by Crippen LogP contribution is -2.04. The predicted molar refractivity (Wildman–Crippen MR) is 43.5 cm³/mol. The lowest BCUT2D eigenvalue weighted by Gasteiger charge is -1.97. The second-order valence-corrected chi connectivity index (χ2v) is 3.08. The summed E-state index contributed by atoms with van der Waals surface area (Å²) in [6.45, 7) is 2.03. The van der Waals surface area contributed by atoms with Crippen LogP contribution in [0.15, 0.2) is 6.07 Å². The van der Waals surface area contributed by atoms with Gasteiger partial charge in [-0.25, -0.2) is 0 Å². The van der Waals surface area contributed by atoms with Crippen molar-refractivity contribution in [1.29, 1.82) is 0 Å². The molecular weight excluding hydrogens is 137 g/mol. The number of rotatable bonds is 0. The molecule has 1 aliphatic carbocycles. The number of aromatic nitrogens is 1. The maximum Gasteiger partial charge on any atom is 0.165 e. The molecule has 2 rings (SSSR count). The number of carbonyl (C=O) groups excluding carboxylic acids is 1. The van der Waals surface area contributed by atoms with Gasteiger partial charge in [0.15, 0.2) is 5.78 Å². The minimum atomic E-state index is 0.209. The molecule has 11 heavy (non-hydrogen) atoms. The molecule has 2 nitrogen and oxygen atoms in total. The minimum absolute atomic E-state index is 0.209. The Morgan fingerprint density at radius 3 is 3.09 bits per heavy atom. The molecule has 0 saturated heterocycles. The molecule has 0 amide bonds. The Labute approximate surface area is 66.4 Å². The average molecular weight is 145 g/mol. The second kappa shape index (κ2) is 2.00. The number of Topliss-reactive ketones (excluding diaryl/α,β-unsaturated/α-hetero) is 1. The summed E-state index contributed by atoms with van der Waals surface area (Å²) in [4.78, 5) is 14.2. The standard InChI is InChI=1S/C8H8BNO/c1-4-2-6(11)5-3-7(9)10-8(4)5/h3-4,10H,2H2,1H3/t4-/m0/s1. The molecule has 2 radical (unpaired) electrons. The summed E-state index contributed by atoms with van der Waals surface area (Å²) in [5.41, 5.74) is 2.39. The van der Waals surface area contributed by atoms with Gasteiger partial charge in [-0.1, -0.05) is 6.92 Å². The van der Waals surface area contributed by atoms with Crippen LogP contribution < -0.4 is 5.59 Å².